The lowest BCUT2D eigenvalue weighted by Gasteiger charge is -2.17. The second-order valence-electron chi connectivity index (χ2n) is 8.26. The van der Waals surface area contributed by atoms with Gasteiger partial charge in [0.05, 0.1) is 23.2 Å². The third-order valence-electron chi connectivity index (χ3n) is 4.91. The Morgan fingerprint density at radius 3 is 2.76 bits per heavy atom. The van der Waals surface area contributed by atoms with Crippen LogP contribution in [0.15, 0.2) is 11.0 Å². The standard InChI is InChI=1S/C21H28N4O4/c1-6-8-9-12-11-25(15-10-13(26)14(7-2)29-15)17-16(12)18(27)23-20(22-17)24-19(28)21(3,4)5/h11,13-15,26H,6-7,10H2,1-5H3,(H2,22,23,24,27,28)/t13?,14-,15-/m1/s1. The number of rotatable bonds is 3. The summed E-state index contributed by atoms with van der Waals surface area (Å²) in [5, 5.41) is 13.3. The van der Waals surface area contributed by atoms with E-state index < -0.39 is 17.7 Å². The molecule has 8 heteroatoms. The van der Waals surface area contributed by atoms with Gasteiger partial charge in [0.25, 0.3) is 5.56 Å². The molecule has 3 atom stereocenters. The molecule has 1 fully saturated rings. The van der Waals surface area contributed by atoms with Gasteiger partial charge in [-0.3, -0.25) is 19.9 Å². The van der Waals surface area contributed by atoms with Crippen molar-refractivity contribution in [3.05, 3.63) is 22.1 Å². The summed E-state index contributed by atoms with van der Waals surface area (Å²) in [6.45, 7) is 9.21. The Balaban J connectivity index is 2.12. The number of nitrogens with zero attached hydrogens (tertiary/aromatic N) is 2. The molecule has 1 aliphatic rings. The number of fused-ring (bicyclic) bond motifs is 1. The van der Waals surface area contributed by atoms with Crippen LogP contribution in [0, 0.1) is 17.3 Å². The molecular weight excluding hydrogens is 372 g/mol. The summed E-state index contributed by atoms with van der Waals surface area (Å²) in [5.74, 6) is 5.80. The Bertz CT molecular complexity index is 1040. The summed E-state index contributed by atoms with van der Waals surface area (Å²) < 4.78 is 7.71. The molecule has 2 aromatic rings. The summed E-state index contributed by atoms with van der Waals surface area (Å²) in [6, 6.07) is 0. The SMILES string of the molecule is CCC#Cc1cn([C@H]2CC(O)[C@@H](CC)O2)c2nc(NC(=O)C(C)(C)C)[nH]c(=O)c12. The number of ether oxygens (including phenoxy) is 1. The van der Waals surface area contributed by atoms with E-state index in [1.54, 1.807) is 31.5 Å². The molecule has 0 bridgehead atoms. The molecule has 1 amide bonds. The zero-order valence-electron chi connectivity index (χ0n) is 17.5. The highest BCUT2D eigenvalue weighted by Crippen LogP contribution is 2.33. The summed E-state index contributed by atoms with van der Waals surface area (Å²) in [7, 11) is 0. The van der Waals surface area contributed by atoms with E-state index in [4.69, 9.17) is 4.74 Å². The number of aromatic amines is 1. The molecule has 1 unspecified atom stereocenters. The lowest BCUT2D eigenvalue weighted by Crippen LogP contribution is -2.29. The van der Waals surface area contributed by atoms with Crippen molar-refractivity contribution >= 4 is 22.9 Å². The Kier molecular flexibility index (Phi) is 5.82. The van der Waals surface area contributed by atoms with Gasteiger partial charge >= 0.3 is 0 Å². The first-order valence-electron chi connectivity index (χ1n) is 9.94. The number of aromatic nitrogens is 3. The van der Waals surface area contributed by atoms with E-state index in [1.807, 2.05) is 13.8 Å². The molecular formula is C21H28N4O4. The maximum atomic E-state index is 12.8. The first-order chi connectivity index (χ1) is 13.7. The third kappa shape index (κ3) is 4.21. The van der Waals surface area contributed by atoms with Gasteiger partial charge in [-0.25, -0.2) is 0 Å². The fourth-order valence-corrected chi connectivity index (χ4v) is 3.26. The quantitative estimate of drug-likeness (QED) is 0.686. The largest absolute Gasteiger partial charge is 0.390 e. The van der Waals surface area contributed by atoms with Crippen LogP contribution in [0.3, 0.4) is 0 Å². The number of carbonyl (C=O) groups excluding carboxylic acids is 1. The summed E-state index contributed by atoms with van der Waals surface area (Å²) >= 11 is 0. The average Bonchev–Trinajstić information content (AvgIpc) is 3.19. The topological polar surface area (TPSA) is 109 Å². The monoisotopic (exact) mass is 400 g/mol. The maximum Gasteiger partial charge on any atom is 0.263 e. The molecule has 1 saturated heterocycles. The van der Waals surface area contributed by atoms with Crippen LogP contribution in [0.4, 0.5) is 5.95 Å². The minimum atomic E-state index is -0.639. The van der Waals surface area contributed by atoms with Crippen LogP contribution in [0.25, 0.3) is 11.0 Å². The van der Waals surface area contributed by atoms with Crippen molar-refractivity contribution in [3.63, 3.8) is 0 Å². The maximum absolute atomic E-state index is 12.8. The smallest absolute Gasteiger partial charge is 0.263 e. The first kappa shape index (κ1) is 21.1. The van der Waals surface area contributed by atoms with Crippen molar-refractivity contribution in [2.45, 2.75) is 72.3 Å². The molecule has 3 N–H and O–H groups in total. The van der Waals surface area contributed by atoms with Gasteiger partial charge in [-0.05, 0) is 6.42 Å². The van der Waals surface area contributed by atoms with E-state index in [0.29, 0.717) is 35.9 Å². The lowest BCUT2D eigenvalue weighted by atomic mass is 9.96. The molecule has 3 rings (SSSR count). The molecule has 0 spiro atoms. The minimum absolute atomic E-state index is 0.0716. The van der Waals surface area contributed by atoms with Crippen LogP contribution >= 0.6 is 0 Å². The second kappa shape index (κ2) is 8.01. The Labute approximate surface area is 169 Å². The highest BCUT2D eigenvalue weighted by molar-refractivity contribution is 5.94. The summed E-state index contributed by atoms with van der Waals surface area (Å²) in [4.78, 5) is 32.3. The molecule has 1 aliphatic heterocycles. The van der Waals surface area contributed by atoms with Gasteiger partial charge in [-0.15, -0.1) is 0 Å². The summed E-state index contributed by atoms with van der Waals surface area (Å²) in [5.41, 5.74) is -0.112. The number of carbonyl (C=O) groups is 1. The van der Waals surface area contributed by atoms with E-state index in [9.17, 15) is 14.7 Å². The molecule has 0 radical (unpaired) electrons. The fourth-order valence-electron chi connectivity index (χ4n) is 3.26. The molecule has 2 aromatic heterocycles. The molecule has 156 valence electrons. The van der Waals surface area contributed by atoms with Gasteiger partial charge in [0.1, 0.15) is 6.23 Å². The number of aliphatic hydroxyl groups excluding tert-OH is 1. The van der Waals surface area contributed by atoms with Crippen molar-refractivity contribution in [1.82, 2.24) is 14.5 Å². The van der Waals surface area contributed by atoms with Crippen molar-refractivity contribution in [3.8, 4) is 11.8 Å². The molecule has 0 aromatic carbocycles. The van der Waals surface area contributed by atoms with Gasteiger partial charge in [-0.2, -0.15) is 4.98 Å². The van der Waals surface area contributed by atoms with Crippen LogP contribution in [-0.4, -0.2) is 37.8 Å². The highest BCUT2D eigenvalue weighted by Gasteiger charge is 2.35. The van der Waals surface area contributed by atoms with E-state index >= 15 is 0 Å². The Morgan fingerprint density at radius 2 is 2.17 bits per heavy atom. The number of amides is 1. The number of hydrogen-bond acceptors (Lipinski definition) is 5. The van der Waals surface area contributed by atoms with Crippen LogP contribution in [0.2, 0.25) is 0 Å². The van der Waals surface area contributed by atoms with Gasteiger partial charge in [0, 0.05) is 24.5 Å². The molecule has 29 heavy (non-hydrogen) atoms. The summed E-state index contributed by atoms with van der Waals surface area (Å²) in [6.07, 6.45) is 2.13. The van der Waals surface area contributed by atoms with Crippen molar-refractivity contribution in [1.29, 1.82) is 0 Å². The number of anilines is 1. The highest BCUT2D eigenvalue weighted by atomic mass is 16.5. The average molecular weight is 400 g/mol. The minimum Gasteiger partial charge on any atom is -0.390 e. The van der Waals surface area contributed by atoms with Crippen LogP contribution < -0.4 is 10.9 Å². The van der Waals surface area contributed by atoms with Gasteiger partial charge in [0.2, 0.25) is 11.9 Å². The molecule has 3 heterocycles. The van der Waals surface area contributed by atoms with Gasteiger partial charge in [-0.1, -0.05) is 46.5 Å². The van der Waals surface area contributed by atoms with Crippen LogP contribution in [0.1, 0.15) is 65.7 Å². The van der Waals surface area contributed by atoms with Gasteiger partial charge < -0.3 is 14.4 Å². The predicted molar refractivity (Wildman–Crippen MR) is 110 cm³/mol. The zero-order chi connectivity index (χ0) is 21.3. The number of hydrogen-bond donors (Lipinski definition) is 3. The Hall–Kier alpha value is -2.63. The fraction of sp³-hybridized carbons (Fsp3) is 0.571. The second-order valence-corrected chi connectivity index (χ2v) is 8.26. The van der Waals surface area contributed by atoms with E-state index in [0.717, 1.165) is 0 Å². The van der Waals surface area contributed by atoms with Crippen molar-refractivity contribution < 1.29 is 14.6 Å². The van der Waals surface area contributed by atoms with Crippen molar-refractivity contribution in [2.24, 2.45) is 5.41 Å². The first-order valence-corrected chi connectivity index (χ1v) is 9.94. The lowest BCUT2D eigenvalue weighted by molar-refractivity contribution is -0.123. The van der Waals surface area contributed by atoms with Crippen LogP contribution in [0.5, 0.6) is 0 Å². The van der Waals surface area contributed by atoms with Crippen molar-refractivity contribution in [2.75, 3.05) is 5.32 Å². The van der Waals surface area contributed by atoms with Gasteiger partial charge in [0.15, 0.2) is 5.65 Å². The van der Waals surface area contributed by atoms with E-state index in [1.165, 1.54) is 0 Å². The third-order valence-corrected chi connectivity index (χ3v) is 4.91. The predicted octanol–water partition coefficient (Wildman–Crippen LogP) is 2.53. The Morgan fingerprint density at radius 1 is 1.45 bits per heavy atom. The molecule has 0 saturated carbocycles. The normalized spacial score (nSPS) is 21.8. The number of aliphatic hydroxyl groups is 1. The molecule has 8 nitrogen and oxygen atoms in total. The number of nitrogens with one attached hydrogen (secondary N) is 2. The molecule has 0 aliphatic carbocycles. The van der Waals surface area contributed by atoms with Crippen LogP contribution in [-0.2, 0) is 9.53 Å². The number of H-pyrrole nitrogens is 1. The van der Waals surface area contributed by atoms with E-state index in [-0.39, 0.29) is 23.5 Å². The van der Waals surface area contributed by atoms with E-state index in [2.05, 4.69) is 27.1 Å². The zero-order valence-corrected chi connectivity index (χ0v) is 17.5.